The number of hydrogen-bond donors (Lipinski definition) is 0. The Kier molecular flexibility index (Phi) is 4.33. The van der Waals surface area contributed by atoms with Crippen molar-refractivity contribution in [3.63, 3.8) is 0 Å². The molecule has 1 unspecified atom stereocenters. The average Bonchev–Trinajstić information content (AvgIpc) is 3.04. The first-order chi connectivity index (χ1) is 10.7. The Bertz CT molecular complexity index is 628. The average molecular weight is 303 g/mol. The van der Waals surface area contributed by atoms with Gasteiger partial charge in [0.05, 0.1) is 13.2 Å². The van der Waals surface area contributed by atoms with E-state index in [2.05, 4.69) is 38.9 Å². The van der Waals surface area contributed by atoms with E-state index in [1.807, 2.05) is 19.2 Å². The Labute approximate surface area is 129 Å². The van der Waals surface area contributed by atoms with E-state index in [9.17, 15) is 0 Å². The van der Waals surface area contributed by atoms with Crippen LogP contribution in [0.4, 0.5) is 5.82 Å². The Morgan fingerprint density at radius 2 is 2.23 bits per heavy atom. The van der Waals surface area contributed by atoms with Crippen LogP contribution in [0.2, 0.25) is 0 Å². The van der Waals surface area contributed by atoms with Gasteiger partial charge in [-0.15, -0.1) is 10.2 Å². The van der Waals surface area contributed by atoms with Crippen LogP contribution in [0.15, 0.2) is 16.7 Å². The lowest BCUT2D eigenvalue weighted by molar-refractivity contribution is 0.0213. The number of nitrogens with zero attached hydrogens (tertiary/aromatic N) is 5. The van der Waals surface area contributed by atoms with E-state index in [4.69, 9.17) is 9.15 Å². The highest BCUT2D eigenvalue weighted by atomic mass is 16.5. The molecule has 3 heterocycles. The van der Waals surface area contributed by atoms with Crippen LogP contribution in [-0.4, -0.2) is 39.9 Å². The van der Waals surface area contributed by atoms with Crippen molar-refractivity contribution in [1.29, 1.82) is 0 Å². The Morgan fingerprint density at radius 3 is 2.95 bits per heavy atom. The van der Waals surface area contributed by atoms with Crippen LogP contribution in [-0.2, 0) is 11.2 Å². The lowest BCUT2D eigenvalue weighted by atomic mass is 10.2. The maximum absolute atomic E-state index is 5.77. The van der Waals surface area contributed by atoms with Gasteiger partial charge in [-0.25, -0.2) is 9.97 Å². The summed E-state index contributed by atoms with van der Waals surface area (Å²) in [5, 5.41) is 8.09. The van der Waals surface area contributed by atoms with Gasteiger partial charge in [0.1, 0.15) is 11.6 Å². The first-order valence-electron chi connectivity index (χ1n) is 7.69. The van der Waals surface area contributed by atoms with E-state index in [-0.39, 0.29) is 6.10 Å². The monoisotopic (exact) mass is 303 g/mol. The molecular formula is C15H21N5O2. The molecule has 0 aliphatic carbocycles. The summed E-state index contributed by atoms with van der Waals surface area (Å²) in [5.74, 6) is 3.26. The number of aromatic nitrogens is 4. The summed E-state index contributed by atoms with van der Waals surface area (Å²) in [7, 11) is 0. The van der Waals surface area contributed by atoms with Crippen molar-refractivity contribution in [2.75, 3.05) is 24.6 Å². The number of hydrogen-bond acceptors (Lipinski definition) is 7. The third-order valence-electron chi connectivity index (χ3n) is 3.63. The van der Waals surface area contributed by atoms with Crippen LogP contribution < -0.4 is 4.90 Å². The van der Waals surface area contributed by atoms with E-state index < -0.39 is 0 Å². The highest BCUT2D eigenvalue weighted by Crippen LogP contribution is 2.25. The molecule has 7 heteroatoms. The predicted molar refractivity (Wildman–Crippen MR) is 80.7 cm³/mol. The van der Waals surface area contributed by atoms with Crippen LogP contribution in [0, 0.1) is 0 Å². The normalized spacial score (nSPS) is 18.9. The molecule has 0 amide bonds. The summed E-state index contributed by atoms with van der Waals surface area (Å²) in [5.41, 5.74) is 0. The van der Waals surface area contributed by atoms with Crippen molar-refractivity contribution in [2.45, 2.75) is 39.2 Å². The SMILES string of the molecule is CCc1nnc(C2CN(c3ccnc(C(C)C)n3)CCO2)o1. The molecule has 0 saturated carbocycles. The summed E-state index contributed by atoms with van der Waals surface area (Å²) in [4.78, 5) is 11.1. The van der Waals surface area contributed by atoms with Crippen LogP contribution in [0.3, 0.4) is 0 Å². The van der Waals surface area contributed by atoms with E-state index in [1.165, 1.54) is 0 Å². The van der Waals surface area contributed by atoms with Gasteiger partial charge in [-0.05, 0) is 6.07 Å². The summed E-state index contributed by atoms with van der Waals surface area (Å²) in [6.45, 7) is 8.22. The molecule has 22 heavy (non-hydrogen) atoms. The third-order valence-corrected chi connectivity index (χ3v) is 3.63. The van der Waals surface area contributed by atoms with Gasteiger partial charge >= 0.3 is 0 Å². The molecule has 1 fully saturated rings. The molecule has 0 N–H and O–H groups in total. The zero-order valence-electron chi connectivity index (χ0n) is 13.2. The van der Waals surface area contributed by atoms with Gasteiger partial charge in [0.15, 0.2) is 6.10 Å². The van der Waals surface area contributed by atoms with Gasteiger partial charge in [0.25, 0.3) is 0 Å². The fourth-order valence-corrected chi connectivity index (χ4v) is 2.36. The fourth-order valence-electron chi connectivity index (χ4n) is 2.36. The van der Waals surface area contributed by atoms with E-state index in [0.717, 1.165) is 24.6 Å². The molecule has 1 aliphatic rings. The van der Waals surface area contributed by atoms with Crippen LogP contribution in [0.1, 0.15) is 50.4 Å². The standard InChI is InChI=1S/C15H21N5O2/c1-4-13-18-19-15(22-13)11-9-20(7-8-21-11)12-5-6-16-14(17-12)10(2)3/h5-6,10-11H,4,7-9H2,1-3H3. The summed E-state index contributed by atoms with van der Waals surface area (Å²) in [6.07, 6.45) is 2.33. The van der Waals surface area contributed by atoms with Crippen molar-refractivity contribution in [3.8, 4) is 0 Å². The van der Waals surface area contributed by atoms with Gasteiger partial charge in [-0.3, -0.25) is 0 Å². The molecule has 0 aromatic carbocycles. The Hall–Kier alpha value is -2.02. The number of aryl methyl sites for hydroxylation is 1. The molecule has 1 atom stereocenters. The van der Waals surface area contributed by atoms with Crippen molar-refractivity contribution >= 4 is 5.82 Å². The smallest absolute Gasteiger partial charge is 0.247 e. The van der Waals surface area contributed by atoms with Gasteiger partial charge in [-0.2, -0.15) is 0 Å². The maximum atomic E-state index is 5.77. The minimum atomic E-state index is -0.209. The molecule has 0 radical (unpaired) electrons. The summed E-state index contributed by atoms with van der Waals surface area (Å²) >= 11 is 0. The number of ether oxygens (including phenoxy) is 1. The lowest BCUT2D eigenvalue weighted by Crippen LogP contribution is -2.39. The molecular weight excluding hydrogens is 282 g/mol. The highest BCUT2D eigenvalue weighted by Gasteiger charge is 2.27. The minimum Gasteiger partial charge on any atom is -0.422 e. The topological polar surface area (TPSA) is 77.2 Å². The summed E-state index contributed by atoms with van der Waals surface area (Å²) in [6, 6.07) is 1.93. The quantitative estimate of drug-likeness (QED) is 0.856. The van der Waals surface area contributed by atoms with Crippen molar-refractivity contribution in [3.05, 3.63) is 29.9 Å². The van der Waals surface area contributed by atoms with Crippen LogP contribution >= 0.6 is 0 Å². The first kappa shape index (κ1) is 14.9. The lowest BCUT2D eigenvalue weighted by Gasteiger charge is -2.32. The zero-order valence-corrected chi connectivity index (χ0v) is 13.2. The second-order valence-corrected chi connectivity index (χ2v) is 5.62. The predicted octanol–water partition coefficient (Wildman–Crippen LogP) is 2.12. The molecule has 1 saturated heterocycles. The Morgan fingerprint density at radius 1 is 1.36 bits per heavy atom. The second kappa shape index (κ2) is 6.39. The molecule has 2 aromatic heterocycles. The van der Waals surface area contributed by atoms with Gasteiger partial charge in [-0.1, -0.05) is 20.8 Å². The van der Waals surface area contributed by atoms with Crippen LogP contribution in [0.25, 0.3) is 0 Å². The van der Waals surface area contributed by atoms with Gasteiger partial charge < -0.3 is 14.1 Å². The molecule has 0 bridgehead atoms. The Balaban J connectivity index is 1.76. The molecule has 118 valence electrons. The number of morpholine rings is 1. The highest BCUT2D eigenvalue weighted by molar-refractivity contribution is 5.38. The molecule has 3 rings (SSSR count). The largest absolute Gasteiger partial charge is 0.422 e. The molecule has 0 spiro atoms. The first-order valence-corrected chi connectivity index (χ1v) is 7.69. The maximum Gasteiger partial charge on any atom is 0.247 e. The van der Waals surface area contributed by atoms with Crippen molar-refractivity contribution < 1.29 is 9.15 Å². The number of rotatable bonds is 4. The zero-order chi connectivity index (χ0) is 15.5. The minimum absolute atomic E-state index is 0.209. The second-order valence-electron chi connectivity index (χ2n) is 5.62. The molecule has 2 aromatic rings. The van der Waals surface area contributed by atoms with E-state index >= 15 is 0 Å². The fraction of sp³-hybridized carbons (Fsp3) is 0.600. The molecule has 7 nitrogen and oxygen atoms in total. The van der Waals surface area contributed by atoms with Crippen molar-refractivity contribution in [1.82, 2.24) is 20.2 Å². The number of anilines is 1. The molecule has 1 aliphatic heterocycles. The van der Waals surface area contributed by atoms with Crippen LogP contribution in [0.5, 0.6) is 0 Å². The summed E-state index contributed by atoms with van der Waals surface area (Å²) < 4.78 is 11.4. The van der Waals surface area contributed by atoms with Crippen molar-refractivity contribution in [2.24, 2.45) is 0 Å². The van der Waals surface area contributed by atoms with Gasteiger partial charge in [0, 0.05) is 25.1 Å². The third kappa shape index (κ3) is 3.09. The van der Waals surface area contributed by atoms with E-state index in [1.54, 1.807) is 0 Å². The van der Waals surface area contributed by atoms with E-state index in [0.29, 0.717) is 30.9 Å². The van der Waals surface area contributed by atoms with Gasteiger partial charge in [0.2, 0.25) is 11.8 Å².